The molecule has 3 rings (SSSR count). The van der Waals surface area contributed by atoms with Crippen molar-refractivity contribution in [1.29, 1.82) is 0 Å². The molecule has 0 aromatic heterocycles. The van der Waals surface area contributed by atoms with E-state index in [2.05, 4.69) is 75.1 Å². The Morgan fingerprint density at radius 1 is 0.974 bits per heavy atom. The molecule has 2 aromatic rings. The van der Waals surface area contributed by atoms with E-state index in [-0.39, 0.29) is 25.1 Å². The first-order chi connectivity index (χ1) is 18.7. The first-order valence-electron chi connectivity index (χ1n) is 15.4. The third-order valence-corrected chi connectivity index (χ3v) is 12.4. The van der Waals surface area contributed by atoms with Gasteiger partial charge in [0.15, 0.2) is 0 Å². The predicted octanol–water partition coefficient (Wildman–Crippen LogP) is 8.63. The summed E-state index contributed by atoms with van der Waals surface area (Å²) in [6.45, 7) is 12.7. The van der Waals surface area contributed by atoms with Gasteiger partial charge < -0.3 is 9.84 Å². The minimum absolute atomic E-state index is 0.00993. The summed E-state index contributed by atoms with van der Waals surface area (Å²) in [6, 6.07) is 19.7. The second-order valence-electron chi connectivity index (χ2n) is 12.6. The molecule has 0 heterocycles. The molecule has 0 saturated heterocycles. The van der Waals surface area contributed by atoms with Crippen molar-refractivity contribution in [1.82, 2.24) is 0 Å². The lowest BCUT2D eigenvalue weighted by molar-refractivity contribution is -0.140. The van der Waals surface area contributed by atoms with Gasteiger partial charge in [-0.2, -0.15) is 0 Å². The van der Waals surface area contributed by atoms with Crippen molar-refractivity contribution in [3.8, 4) is 11.1 Å². The summed E-state index contributed by atoms with van der Waals surface area (Å²) < 4.78 is 5.25. The minimum Gasteiger partial charge on any atom is -0.462 e. The smallest absolute Gasteiger partial charge is 0.333 e. The Balaban J connectivity index is 1.49. The van der Waals surface area contributed by atoms with Crippen molar-refractivity contribution in [2.45, 2.75) is 103 Å². The van der Waals surface area contributed by atoms with E-state index >= 15 is 0 Å². The van der Waals surface area contributed by atoms with Crippen LogP contribution in [0, 0.1) is 11.8 Å². The van der Waals surface area contributed by atoms with Crippen LogP contribution < -0.4 is 5.19 Å². The van der Waals surface area contributed by atoms with Crippen molar-refractivity contribution in [3.05, 3.63) is 66.2 Å². The molecule has 1 unspecified atom stereocenters. The van der Waals surface area contributed by atoms with Crippen LogP contribution in [0.3, 0.4) is 0 Å². The number of aliphatic hydroxyl groups is 1. The molecule has 1 N–H and O–H groups in total. The lowest BCUT2D eigenvalue weighted by Crippen LogP contribution is -2.41. The highest BCUT2D eigenvalue weighted by Gasteiger charge is 2.24. The molecule has 1 aliphatic rings. The fourth-order valence-corrected chi connectivity index (χ4v) is 8.50. The second-order valence-corrected chi connectivity index (χ2v) is 17.5. The maximum Gasteiger partial charge on any atom is 0.333 e. The van der Waals surface area contributed by atoms with E-state index in [9.17, 15) is 9.90 Å². The zero-order valence-electron chi connectivity index (χ0n) is 25.0. The highest BCUT2D eigenvalue weighted by Crippen LogP contribution is 2.38. The summed E-state index contributed by atoms with van der Waals surface area (Å²) in [7, 11) is -1.60. The first-order valence-corrected chi connectivity index (χ1v) is 18.6. The number of benzene rings is 2. The summed E-state index contributed by atoms with van der Waals surface area (Å²) in [4.78, 5) is 11.7. The van der Waals surface area contributed by atoms with Crippen molar-refractivity contribution in [2.75, 3.05) is 13.2 Å². The van der Waals surface area contributed by atoms with Crippen molar-refractivity contribution < 1.29 is 14.6 Å². The lowest BCUT2D eigenvalue weighted by atomic mass is 9.77. The van der Waals surface area contributed by atoms with Gasteiger partial charge in [-0.25, -0.2) is 4.79 Å². The summed E-state index contributed by atoms with van der Waals surface area (Å²) in [6.07, 6.45) is 13.0. The maximum atomic E-state index is 11.7. The Morgan fingerprint density at radius 2 is 1.59 bits per heavy atom. The SMILES string of the molecule is C=C(C)C(=O)OCC(CO)CCC[Si](C)(C)c1ccc(-c2ccc(C3CCC(CCCCC)CC3)cc2)cc1. The number of ether oxygens (including phenoxy) is 1. The van der Waals surface area contributed by atoms with Crippen LogP contribution >= 0.6 is 0 Å². The van der Waals surface area contributed by atoms with Gasteiger partial charge in [-0.1, -0.05) is 118 Å². The van der Waals surface area contributed by atoms with Gasteiger partial charge in [0.1, 0.15) is 0 Å². The van der Waals surface area contributed by atoms with E-state index in [1.807, 2.05) is 0 Å². The van der Waals surface area contributed by atoms with Gasteiger partial charge in [0.2, 0.25) is 0 Å². The number of hydrogen-bond acceptors (Lipinski definition) is 3. The van der Waals surface area contributed by atoms with Crippen LogP contribution in [0.4, 0.5) is 0 Å². The molecule has 39 heavy (non-hydrogen) atoms. The molecule has 3 nitrogen and oxygen atoms in total. The number of esters is 1. The van der Waals surface area contributed by atoms with Crippen LogP contribution in [-0.2, 0) is 9.53 Å². The van der Waals surface area contributed by atoms with Gasteiger partial charge in [-0.15, -0.1) is 0 Å². The molecule has 0 aliphatic heterocycles. The fourth-order valence-electron chi connectivity index (χ4n) is 6.05. The Hall–Kier alpha value is -2.17. The molecule has 4 heteroatoms. The molecule has 0 radical (unpaired) electrons. The Morgan fingerprint density at radius 3 is 2.15 bits per heavy atom. The van der Waals surface area contributed by atoms with Crippen LogP contribution in [0.15, 0.2) is 60.7 Å². The molecule has 2 aromatic carbocycles. The lowest BCUT2D eigenvalue weighted by Gasteiger charge is -2.29. The molecule has 1 aliphatic carbocycles. The topological polar surface area (TPSA) is 46.5 Å². The average Bonchev–Trinajstić information content (AvgIpc) is 2.95. The Bertz CT molecular complexity index is 1020. The molecule has 0 amide bonds. The maximum absolute atomic E-state index is 11.7. The Labute approximate surface area is 239 Å². The van der Waals surface area contributed by atoms with E-state index in [1.165, 1.54) is 73.2 Å². The van der Waals surface area contributed by atoms with Crippen LogP contribution in [-0.4, -0.2) is 32.4 Å². The van der Waals surface area contributed by atoms with Crippen LogP contribution in [0.1, 0.15) is 89.5 Å². The van der Waals surface area contributed by atoms with Gasteiger partial charge in [0.05, 0.1) is 14.7 Å². The zero-order valence-corrected chi connectivity index (χ0v) is 26.0. The van der Waals surface area contributed by atoms with E-state index in [1.54, 1.807) is 6.92 Å². The molecule has 1 atom stereocenters. The number of hydrogen-bond donors (Lipinski definition) is 1. The molecule has 214 valence electrons. The summed E-state index contributed by atoms with van der Waals surface area (Å²) in [5, 5.41) is 11.2. The van der Waals surface area contributed by atoms with Gasteiger partial charge in [0, 0.05) is 18.1 Å². The van der Waals surface area contributed by atoms with Crippen molar-refractivity contribution >= 4 is 19.2 Å². The number of aliphatic hydroxyl groups excluding tert-OH is 1. The number of carbonyl (C=O) groups is 1. The third kappa shape index (κ3) is 9.75. The second kappa shape index (κ2) is 15.6. The summed E-state index contributed by atoms with van der Waals surface area (Å²) in [5.74, 6) is 1.31. The van der Waals surface area contributed by atoms with Crippen LogP contribution in [0.5, 0.6) is 0 Å². The van der Waals surface area contributed by atoms with E-state index in [0.717, 1.165) is 30.7 Å². The molecule has 0 spiro atoms. The average molecular weight is 549 g/mol. The fraction of sp³-hybridized carbons (Fsp3) is 0.571. The van der Waals surface area contributed by atoms with Gasteiger partial charge in [-0.3, -0.25) is 0 Å². The number of carbonyl (C=O) groups excluding carboxylic acids is 1. The van der Waals surface area contributed by atoms with Crippen LogP contribution in [0.25, 0.3) is 11.1 Å². The van der Waals surface area contributed by atoms with Crippen molar-refractivity contribution in [2.24, 2.45) is 11.8 Å². The predicted molar refractivity (Wildman–Crippen MR) is 168 cm³/mol. The first kappa shape index (κ1) is 31.4. The van der Waals surface area contributed by atoms with Gasteiger partial charge in [-0.05, 0) is 67.6 Å². The summed E-state index contributed by atoms with van der Waals surface area (Å²) in [5.41, 5.74) is 4.50. The zero-order chi connectivity index (χ0) is 28.3. The largest absolute Gasteiger partial charge is 0.462 e. The highest BCUT2D eigenvalue weighted by atomic mass is 28.3. The normalized spacial score (nSPS) is 18.5. The van der Waals surface area contributed by atoms with Gasteiger partial charge in [0.25, 0.3) is 0 Å². The highest BCUT2D eigenvalue weighted by molar-refractivity contribution is 6.89. The van der Waals surface area contributed by atoms with E-state index in [4.69, 9.17) is 4.74 Å². The number of rotatable bonds is 15. The summed E-state index contributed by atoms with van der Waals surface area (Å²) >= 11 is 0. The van der Waals surface area contributed by atoms with Gasteiger partial charge >= 0.3 is 5.97 Å². The quantitative estimate of drug-likeness (QED) is 0.105. The van der Waals surface area contributed by atoms with E-state index in [0.29, 0.717) is 5.57 Å². The van der Waals surface area contributed by atoms with E-state index < -0.39 is 8.07 Å². The molecular weight excluding hydrogens is 496 g/mol. The third-order valence-electron chi connectivity index (χ3n) is 8.92. The number of unbranched alkanes of at least 4 members (excludes halogenated alkanes) is 2. The van der Waals surface area contributed by atoms with Crippen molar-refractivity contribution in [3.63, 3.8) is 0 Å². The molecule has 0 bridgehead atoms. The molecule has 1 saturated carbocycles. The standard InChI is InChI=1S/C35H52O3Si/c1-6-7-8-10-28-12-14-30(15-13-28)31-16-18-32(19-17-31)33-20-22-34(23-21-33)39(4,5)24-9-11-29(25-36)26-38-35(37)27(2)3/h16-23,28-30,36H,2,6-15,24-26H2,1,3-5H3. The molecular formula is C35H52O3Si. The van der Waals surface area contributed by atoms with Crippen LogP contribution in [0.2, 0.25) is 19.1 Å². The minimum atomic E-state index is -1.60. The Kier molecular flexibility index (Phi) is 12.5. The monoisotopic (exact) mass is 548 g/mol. The molecule has 1 fully saturated rings.